The maximum Gasteiger partial charge on any atom is 0.269 e. The summed E-state index contributed by atoms with van der Waals surface area (Å²) in [4.78, 5) is 13.3. The van der Waals surface area contributed by atoms with Crippen LogP contribution in [0, 0.1) is 10.1 Å². The number of rotatable bonds is 6. The minimum absolute atomic E-state index is 0.0262. The lowest BCUT2D eigenvalue weighted by Gasteiger charge is -2.29. The van der Waals surface area contributed by atoms with Crippen molar-refractivity contribution in [1.82, 2.24) is 4.90 Å². The summed E-state index contributed by atoms with van der Waals surface area (Å²) in [6, 6.07) is 10.1. The van der Waals surface area contributed by atoms with E-state index >= 15 is 0 Å². The van der Waals surface area contributed by atoms with Crippen molar-refractivity contribution in [1.29, 1.82) is 0 Å². The van der Waals surface area contributed by atoms with Crippen LogP contribution in [0.2, 0.25) is 0 Å². The molecule has 1 fully saturated rings. The van der Waals surface area contributed by atoms with Crippen molar-refractivity contribution in [3.05, 3.63) is 62.1 Å². The average Bonchev–Trinajstić information content (AvgIpc) is 2.72. The normalized spacial score (nSPS) is 13.9. The second-order valence-electron chi connectivity index (χ2n) is 6.11. The predicted octanol–water partition coefficient (Wildman–Crippen LogP) is 3.95. The molecule has 0 amide bonds. The molecule has 1 aliphatic heterocycles. The Morgan fingerprint density at radius 2 is 2.07 bits per heavy atom. The lowest BCUT2D eigenvalue weighted by atomic mass is 10.1. The minimum atomic E-state index is -0.429. The molecule has 9 heteroatoms. The third kappa shape index (κ3) is 4.78. The summed E-state index contributed by atoms with van der Waals surface area (Å²) in [5, 5.41) is 10.9. The van der Waals surface area contributed by atoms with Gasteiger partial charge in [0.15, 0.2) is 11.5 Å². The van der Waals surface area contributed by atoms with Gasteiger partial charge < -0.3 is 19.1 Å². The Hall–Kier alpha value is -2.23. The second kappa shape index (κ2) is 9.31. The third-order valence-electron chi connectivity index (χ3n) is 4.28. The van der Waals surface area contributed by atoms with Gasteiger partial charge in [0, 0.05) is 30.8 Å². The molecule has 0 bridgehead atoms. The number of non-ortho nitro benzene ring substituents is 1. The number of methoxy groups -OCH3 is 1. The molecule has 0 atom stereocenters. The van der Waals surface area contributed by atoms with E-state index in [1.807, 2.05) is 12.1 Å². The van der Waals surface area contributed by atoms with E-state index < -0.39 is 4.92 Å². The number of nitro groups is 1. The van der Waals surface area contributed by atoms with E-state index in [9.17, 15) is 10.1 Å². The van der Waals surface area contributed by atoms with Crippen LogP contribution in [-0.2, 0) is 11.3 Å². The highest BCUT2D eigenvalue weighted by molar-refractivity contribution is 9.10. The number of benzene rings is 2. The summed E-state index contributed by atoms with van der Waals surface area (Å²) in [6.07, 6.45) is 0. The number of nitro benzene ring substituents is 1. The van der Waals surface area contributed by atoms with Gasteiger partial charge in [0.25, 0.3) is 5.69 Å². The van der Waals surface area contributed by atoms with Crippen LogP contribution in [0.1, 0.15) is 11.1 Å². The largest absolute Gasteiger partial charge is 0.493 e. The van der Waals surface area contributed by atoms with Crippen molar-refractivity contribution in [2.75, 3.05) is 33.4 Å². The molecule has 1 heterocycles. The molecule has 3 rings (SSSR count). The fourth-order valence-electron chi connectivity index (χ4n) is 2.85. The molecule has 7 nitrogen and oxygen atoms in total. The van der Waals surface area contributed by atoms with E-state index in [1.165, 1.54) is 12.1 Å². The number of ether oxygens (including phenoxy) is 3. The predicted molar refractivity (Wildman–Crippen MR) is 112 cm³/mol. The zero-order valence-corrected chi connectivity index (χ0v) is 17.6. The van der Waals surface area contributed by atoms with Gasteiger partial charge in [-0.2, -0.15) is 0 Å². The Bertz CT molecular complexity index is 887. The standard InChI is InChI=1S/C19H19BrN2O5S/c1-25-17-11-14(19(28)21-5-7-26-8-6-21)10-16(20)18(17)27-12-13-3-2-4-15(9-13)22(23)24/h2-4,9-11H,5-8,12H2,1H3. The first kappa shape index (κ1) is 20.5. The summed E-state index contributed by atoms with van der Waals surface area (Å²) >= 11 is 9.15. The SMILES string of the molecule is COc1cc(C(=S)N2CCOCC2)cc(Br)c1OCc1cccc([N+](=O)[O-])c1. The molecule has 0 N–H and O–H groups in total. The Balaban J connectivity index is 1.79. The molecular formula is C19H19BrN2O5S. The Morgan fingerprint density at radius 3 is 2.75 bits per heavy atom. The molecule has 2 aromatic carbocycles. The van der Waals surface area contributed by atoms with Gasteiger partial charge in [-0.25, -0.2) is 0 Å². The van der Waals surface area contributed by atoms with Gasteiger partial charge in [-0.05, 0) is 33.6 Å². The maximum atomic E-state index is 10.9. The van der Waals surface area contributed by atoms with Crippen LogP contribution in [0.25, 0.3) is 0 Å². The molecule has 0 unspecified atom stereocenters. The molecule has 28 heavy (non-hydrogen) atoms. The van der Waals surface area contributed by atoms with Crippen molar-refractivity contribution in [2.45, 2.75) is 6.61 Å². The molecule has 0 aromatic heterocycles. The summed E-state index contributed by atoms with van der Waals surface area (Å²) < 4.78 is 17.4. The third-order valence-corrected chi connectivity index (χ3v) is 5.36. The van der Waals surface area contributed by atoms with Crippen molar-refractivity contribution >= 4 is 38.8 Å². The van der Waals surface area contributed by atoms with E-state index in [1.54, 1.807) is 19.2 Å². The molecular weight excluding hydrogens is 448 g/mol. The van der Waals surface area contributed by atoms with Crippen LogP contribution in [0.15, 0.2) is 40.9 Å². The highest BCUT2D eigenvalue weighted by atomic mass is 79.9. The van der Waals surface area contributed by atoms with Crippen molar-refractivity contribution < 1.29 is 19.1 Å². The highest BCUT2D eigenvalue weighted by Crippen LogP contribution is 2.37. The van der Waals surface area contributed by atoms with Crippen LogP contribution in [-0.4, -0.2) is 48.2 Å². The number of hydrogen-bond acceptors (Lipinski definition) is 6. The number of hydrogen-bond donors (Lipinski definition) is 0. The van der Waals surface area contributed by atoms with Crippen LogP contribution < -0.4 is 9.47 Å². The quantitative estimate of drug-likeness (QED) is 0.362. The summed E-state index contributed by atoms with van der Waals surface area (Å²) in [6.45, 7) is 2.99. The number of thiocarbonyl (C=S) groups is 1. The molecule has 0 saturated carbocycles. The first-order valence-electron chi connectivity index (χ1n) is 8.60. The number of morpholine rings is 1. The monoisotopic (exact) mass is 466 g/mol. The summed E-state index contributed by atoms with van der Waals surface area (Å²) in [7, 11) is 1.56. The van der Waals surface area contributed by atoms with Gasteiger partial charge in [0.2, 0.25) is 0 Å². The van der Waals surface area contributed by atoms with Gasteiger partial charge >= 0.3 is 0 Å². The van der Waals surface area contributed by atoms with Crippen LogP contribution in [0.4, 0.5) is 5.69 Å². The lowest BCUT2D eigenvalue weighted by Crippen LogP contribution is -2.40. The number of halogens is 1. The Morgan fingerprint density at radius 1 is 1.32 bits per heavy atom. The zero-order chi connectivity index (χ0) is 20.1. The van der Waals surface area contributed by atoms with Crippen LogP contribution in [0.5, 0.6) is 11.5 Å². The molecule has 2 aromatic rings. The smallest absolute Gasteiger partial charge is 0.269 e. The average molecular weight is 467 g/mol. The topological polar surface area (TPSA) is 74.1 Å². The number of nitrogens with zero attached hydrogens (tertiary/aromatic N) is 2. The zero-order valence-electron chi connectivity index (χ0n) is 15.2. The lowest BCUT2D eigenvalue weighted by molar-refractivity contribution is -0.384. The molecule has 1 saturated heterocycles. The molecule has 1 aliphatic rings. The van der Waals surface area contributed by atoms with E-state index in [2.05, 4.69) is 20.8 Å². The fraction of sp³-hybridized carbons (Fsp3) is 0.316. The Labute approximate surface area is 176 Å². The van der Waals surface area contributed by atoms with E-state index in [4.69, 9.17) is 26.4 Å². The fourth-order valence-corrected chi connectivity index (χ4v) is 3.70. The minimum Gasteiger partial charge on any atom is -0.493 e. The Kier molecular flexibility index (Phi) is 6.82. The summed E-state index contributed by atoms with van der Waals surface area (Å²) in [5.74, 6) is 1.05. The van der Waals surface area contributed by atoms with Gasteiger partial charge in [0.05, 0.1) is 29.7 Å². The highest BCUT2D eigenvalue weighted by Gasteiger charge is 2.19. The van der Waals surface area contributed by atoms with E-state index in [0.29, 0.717) is 34.7 Å². The van der Waals surface area contributed by atoms with Gasteiger partial charge in [0.1, 0.15) is 11.6 Å². The van der Waals surface area contributed by atoms with E-state index in [0.717, 1.165) is 23.6 Å². The van der Waals surface area contributed by atoms with Gasteiger partial charge in [-0.3, -0.25) is 10.1 Å². The van der Waals surface area contributed by atoms with E-state index in [-0.39, 0.29) is 12.3 Å². The van der Waals surface area contributed by atoms with Gasteiger partial charge in [-0.1, -0.05) is 24.4 Å². The summed E-state index contributed by atoms with van der Waals surface area (Å²) in [5.41, 5.74) is 1.57. The molecule has 148 valence electrons. The second-order valence-corrected chi connectivity index (χ2v) is 7.35. The van der Waals surface area contributed by atoms with Crippen molar-refractivity contribution in [2.24, 2.45) is 0 Å². The molecule has 0 aliphatic carbocycles. The van der Waals surface area contributed by atoms with Crippen molar-refractivity contribution in [3.8, 4) is 11.5 Å². The first-order chi connectivity index (χ1) is 13.5. The van der Waals surface area contributed by atoms with Crippen LogP contribution in [0.3, 0.4) is 0 Å². The molecule has 0 spiro atoms. The van der Waals surface area contributed by atoms with Crippen molar-refractivity contribution in [3.63, 3.8) is 0 Å². The first-order valence-corrected chi connectivity index (χ1v) is 9.80. The van der Waals surface area contributed by atoms with Crippen LogP contribution >= 0.6 is 28.1 Å². The maximum absolute atomic E-state index is 10.9. The van der Waals surface area contributed by atoms with Gasteiger partial charge in [-0.15, -0.1) is 0 Å². The molecule has 0 radical (unpaired) electrons.